The predicted molar refractivity (Wildman–Crippen MR) is 87.7 cm³/mol. The van der Waals surface area contributed by atoms with Gasteiger partial charge in [0.2, 0.25) is 0 Å². The highest BCUT2D eigenvalue weighted by molar-refractivity contribution is 9.10. The molecular weight excluding hydrogens is 329 g/mol. The van der Waals surface area contributed by atoms with Gasteiger partial charge in [0.15, 0.2) is 0 Å². The van der Waals surface area contributed by atoms with E-state index in [4.69, 9.17) is 5.26 Å². The first-order valence-corrected chi connectivity index (χ1v) is 7.97. The van der Waals surface area contributed by atoms with Crippen molar-refractivity contribution in [2.45, 2.75) is 38.4 Å². The molecule has 0 atom stereocenters. The first-order valence-electron chi connectivity index (χ1n) is 7.18. The third-order valence-corrected chi connectivity index (χ3v) is 4.78. The van der Waals surface area contributed by atoms with E-state index in [1.807, 2.05) is 29.7 Å². The molecule has 1 aromatic carbocycles. The van der Waals surface area contributed by atoms with E-state index in [1.54, 1.807) is 0 Å². The van der Waals surface area contributed by atoms with Gasteiger partial charge >= 0.3 is 0 Å². The van der Waals surface area contributed by atoms with Gasteiger partial charge in [-0.3, -0.25) is 9.36 Å². The number of hydrogen-bond donors (Lipinski definition) is 0. The molecule has 2 aromatic rings. The smallest absolute Gasteiger partial charge is 0.268 e. The quantitative estimate of drug-likeness (QED) is 0.746. The molecule has 1 aliphatic rings. The first kappa shape index (κ1) is 14.3. The van der Waals surface area contributed by atoms with Crippen LogP contribution in [0.15, 0.2) is 27.5 Å². The van der Waals surface area contributed by atoms with Crippen molar-refractivity contribution in [3.05, 3.63) is 38.9 Å². The van der Waals surface area contributed by atoms with Crippen LogP contribution >= 0.6 is 15.9 Å². The number of hydrogen-bond acceptors (Lipinski definition) is 3. The van der Waals surface area contributed by atoms with E-state index in [0.29, 0.717) is 5.39 Å². The van der Waals surface area contributed by atoms with Crippen LogP contribution < -0.4 is 5.56 Å². The fourth-order valence-corrected chi connectivity index (χ4v) is 3.53. The Morgan fingerprint density at radius 1 is 1.43 bits per heavy atom. The Morgan fingerprint density at radius 3 is 2.81 bits per heavy atom. The molecule has 1 aliphatic heterocycles. The minimum absolute atomic E-state index is 0.0328. The molecule has 1 fully saturated rings. The largest absolute Gasteiger partial charge is 0.293 e. The minimum Gasteiger partial charge on any atom is -0.293 e. The summed E-state index contributed by atoms with van der Waals surface area (Å²) in [7, 11) is 0. The number of rotatable bonds is 1. The molecule has 0 amide bonds. The molecule has 2 heterocycles. The highest BCUT2D eigenvalue weighted by Crippen LogP contribution is 2.29. The zero-order chi connectivity index (χ0) is 15.0. The Hall–Kier alpha value is -1.61. The number of aryl methyl sites for hydroxylation is 1. The van der Waals surface area contributed by atoms with Crippen molar-refractivity contribution >= 4 is 33.5 Å². The fraction of sp³-hybridized carbons (Fsp3) is 0.400. The lowest BCUT2D eigenvalue weighted by molar-refractivity contribution is 0.430. The van der Waals surface area contributed by atoms with Gasteiger partial charge in [-0.2, -0.15) is 0 Å². The minimum atomic E-state index is 0.0328. The number of nitriles is 1. The van der Waals surface area contributed by atoms with Crippen molar-refractivity contribution in [2.75, 3.05) is 0 Å². The second-order valence-corrected chi connectivity index (χ2v) is 6.55. The Kier molecular flexibility index (Phi) is 3.86. The molecule has 3 rings (SSSR count). The van der Waals surface area contributed by atoms with Gasteiger partial charge in [0.1, 0.15) is 5.82 Å². The lowest BCUT2D eigenvalue weighted by Crippen LogP contribution is -2.32. The van der Waals surface area contributed by atoms with Crippen LogP contribution in [0, 0.1) is 18.2 Å². The molecule has 4 nitrogen and oxygen atoms in total. The standard InChI is InChI=1S/C15H15BBrN3O/c1-10-19-14-8-11(17)2-3-13(14)15(21)20(10)12-4-6-16(9-18)7-5-12/h2-3,8,12H,4-7H2,1H3. The van der Waals surface area contributed by atoms with Gasteiger partial charge in [-0.25, -0.2) is 10.2 Å². The Morgan fingerprint density at radius 2 is 2.14 bits per heavy atom. The van der Waals surface area contributed by atoms with Crippen LogP contribution in [0.5, 0.6) is 0 Å². The van der Waals surface area contributed by atoms with E-state index < -0.39 is 0 Å². The van der Waals surface area contributed by atoms with Crippen LogP contribution in [0.3, 0.4) is 0 Å². The number of aromatic nitrogens is 2. The Bertz CT molecular complexity index is 788. The molecule has 0 unspecified atom stereocenters. The monoisotopic (exact) mass is 343 g/mol. The number of fused-ring (bicyclic) bond motifs is 1. The van der Waals surface area contributed by atoms with Crippen LogP contribution in [0.25, 0.3) is 10.9 Å². The summed E-state index contributed by atoms with van der Waals surface area (Å²) in [5.41, 5.74) is 0.763. The average Bonchev–Trinajstić information content (AvgIpc) is 2.47. The maximum Gasteiger partial charge on any atom is 0.268 e. The van der Waals surface area contributed by atoms with E-state index in [-0.39, 0.29) is 18.3 Å². The third kappa shape index (κ3) is 2.63. The average molecular weight is 344 g/mol. The van der Waals surface area contributed by atoms with Crippen molar-refractivity contribution in [1.82, 2.24) is 9.55 Å². The predicted octanol–water partition coefficient (Wildman–Crippen LogP) is 3.36. The Balaban J connectivity index is 2.06. The van der Waals surface area contributed by atoms with Crippen molar-refractivity contribution in [3.63, 3.8) is 0 Å². The van der Waals surface area contributed by atoms with Gasteiger partial charge in [0.25, 0.3) is 12.3 Å². The summed E-state index contributed by atoms with van der Waals surface area (Å²) in [4.78, 5) is 17.3. The molecule has 0 aliphatic carbocycles. The number of nitrogens with zero attached hydrogens (tertiary/aromatic N) is 3. The van der Waals surface area contributed by atoms with E-state index in [0.717, 1.165) is 41.3 Å². The van der Waals surface area contributed by atoms with Crippen molar-refractivity contribution in [1.29, 1.82) is 5.26 Å². The lowest BCUT2D eigenvalue weighted by atomic mass is 9.42. The van der Waals surface area contributed by atoms with Crippen LogP contribution in [-0.4, -0.2) is 16.3 Å². The van der Waals surface area contributed by atoms with Gasteiger partial charge in [-0.1, -0.05) is 28.6 Å². The molecule has 1 aromatic heterocycles. The van der Waals surface area contributed by atoms with Gasteiger partial charge in [-0.15, -0.1) is 0 Å². The SMILES string of the molecule is Cc1nc2cc(Br)ccc2c(=O)n1C1CCB(C#N)CC1. The number of benzene rings is 1. The van der Waals surface area contributed by atoms with E-state index >= 15 is 0 Å². The van der Waals surface area contributed by atoms with Crippen LogP contribution in [0.4, 0.5) is 0 Å². The van der Waals surface area contributed by atoms with E-state index in [1.165, 1.54) is 0 Å². The third-order valence-electron chi connectivity index (χ3n) is 4.28. The zero-order valence-electron chi connectivity index (χ0n) is 11.8. The molecular formula is C15H15BBrN3O. The summed E-state index contributed by atoms with van der Waals surface area (Å²) in [5.74, 6) is 3.09. The van der Waals surface area contributed by atoms with Crippen LogP contribution in [0.1, 0.15) is 24.7 Å². The maximum absolute atomic E-state index is 12.8. The van der Waals surface area contributed by atoms with Crippen LogP contribution in [-0.2, 0) is 0 Å². The summed E-state index contributed by atoms with van der Waals surface area (Å²) < 4.78 is 2.75. The topological polar surface area (TPSA) is 58.7 Å². The fourth-order valence-electron chi connectivity index (χ4n) is 3.18. The normalized spacial score (nSPS) is 16.1. The molecule has 6 heteroatoms. The van der Waals surface area contributed by atoms with Gasteiger partial charge in [-0.05, 0) is 38.0 Å². The molecule has 0 bridgehead atoms. The summed E-state index contributed by atoms with van der Waals surface area (Å²) >= 11 is 3.41. The molecule has 1 saturated heterocycles. The summed E-state index contributed by atoms with van der Waals surface area (Å²) in [6.07, 6.45) is 3.49. The summed E-state index contributed by atoms with van der Waals surface area (Å²) in [5, 5.41) is 9.65. The highest BCUT2D eigenvalue weighted by Gasteiger charge is 2.27. The van der Waals surface area contributed by atoms with E-state index in [9.17, 15) is 4.79 Å². The molecule has 0 saturated carbocycles. The zero-order valence-corrected chi connectivity index (χ0v) is 13.4. The van der Waals surface area contributed by atoms with Crippen molar-refractivity contribution in [2.24, 2.45) is 0 Å². The van der Waals surface area contributed by atoms with Crippen molar-refractivity contribution in [3.8, 4) is 5.97 Å². The lowest BCUT2D eigenvalue weighted by Gasteiger charge is -2.26. The molecule has 0 N–H and O–H groups in total. The highest BCUT2D eigenvalue weighted by atomic mass is 79.9. The van der Waals surface area contributed by atoms with E-state index in [2.05, 4.69) is 26.9 Å². The maximum atomic E-state index is 12.8. The molecule has 106 valence electrons. The number of halogens is 1. The second kappa shape index (κ2) is 5.65. The van der Waals surface area contributed by atoms with Gasteiger partial charge in [0.05, 0.1) is 10.9 Å². The summed E-state index contributed by atoms with van der Waals surface area (Å²) in [6.45, 7) is 2.03. The van der Waals surface area contributed by atoms with Crippen LogP contribution in [0.2, 0.25) is 12.6 Å². The van der Waals surface area contributed by atoms with Crippen molar-refractivity contribution < 1.29 is 0 Å². The van der Waals surface area contributed by atoms with Gasteiger partial charge < -0.3 is 0 Å². The van der Waals surface area contributed by atoms with Gasteiger partial charge in [0, 0.05) is 16.5 Å². The molecule has 0 radical (unpaired) electrons. The molecule has 21 heavy (non-hydrogen) atoms. The second-order valence-electron chi connectivity index (χ2n) is 5.63. The Labute approximate surface area is 132 Å². The first-order chi connectivity index (χ1) is 10.1. The molecule has 0 spiro atoms. The summed E-state index contributed by atoms with van der Waals surface area (Å²) in [6, 6.07) is 5.74.